The number of likely N-dealkylation sites (N-methyl/N-ethyl adjacent to an activating group) is 2. The van der Waals surface area contributed by atoms with Gasteiger partial charge in [-0.1, -0.05) is 23.8 Å². The molecule has 9 heteroatoms. The minimum absolute atomic E-state index is 0.0169. The summed E-state index contributed by atoms with van der Waals surface area (Å²) in [6.45, 7) is 1.75. The van der Waals surface area contributed by atoms with Crippen LogP contribution in [0, 0.1) is 6.92 Å². The van der Waals surface area contributed by atoms with Crippen LogP contribution in [0.3, 0.4) is 0 Å². The number of anilines is 1. The molecule has 0 unspecified atom stereocenters. The third-order valence-electron chi connectivity index (χ3n) is 4.84. The molecule has 1 aliphatic rings. The van der Waals surface area contributed by atoms with Gasteiger partial charge in [0.05, 0.1) is 7.11 Å². The summed E-state index contributed by atoms with van der Waals surface area (Å²) in [5.74, 6) is -0.571. The van der Waals surface area contributed by atoms with Gasteiger partial charge in [-0.3, -0.25) is 24.2 Å². The second-order valence-corrected chi connectivity index (χ2v) is 7.55. The maximum atomic E-state index is 12.5. The Kier molecular flexibility index (Phi) is 6.89. The van der Waals surface area contributed by atoms with E-state index < -0.39 is 11.8 Å². The van der Waals surface area contributed by atoms with Crippen molar-refractivity contribution in [3.05, 3.63) is 59.2 Å². The molecule has 32 heavy (non-hydrogen) atoms. The highest BCUT2D eigenvalue weighted by molar-refractivity contribution is 7.80. The number of hydrogen-bond donors (Lipinski definition) is 1. The number of methoxy groups -OCH3 is 1. The minimum Gasteiger partial charge on any atom is -0.493 e. The van der Waals surface area contributed by atoms with Gasteiger partial charge < -0.3 is 14.8 Å². The van der Waals surface area contributed by atoms with E-state index in [0.717, 1.165) is 5.56 Å². The third kappa shape index (κ3) is 4.94. The van der Waals surface area contributed by atoms with Gasteiger partial charge in [0.25, 0.3) is 17.7 Å². The SMILES string of the molecule is COc1cc(C=C2C(=O)N(C)C(=S)N(C)C2=O)ccc1OCC(=O)Nc1ccc(C)cc1. The van der Waals surface area contributed by atoms with Crippen molar-refractivity contribution < 1.29 is 23.9 Å². The van der Waals surface area contributed by atoms with Crippen molar-refractivity contribution in [1.29, 1.82) is 0 Å². The smallest absolute Gasteiger partial charge is 0.265 e. The first kappa shape index (κ1) is 23.0. The van der Waals surface area contributed by atoms with Crippen LogP contribution in [0.25, 0.3) is 6.08 Å². The lowest BCUT2D eigenvalue weighted by Gasteiger charge is -2.31. The standard InChI is InChI=1S/C23H23N3O5S/c1-14-5-8-16(9-6-14)24-20(27)13-31-18-10-7-15(12-19(18)30-4)11-17-21(28)25(2)23(32)26(3)22(17)29/h5-12H,13H2,1-4H3,(H,24,27). The molecule has 1 saturated heterocycles. The van der Waals surface area contributed by atoms with Gasteiger partial charge in [-0.2, -0.15) is 0 Å². The van der Waals surface area contributed by atoms with Crippen LogP contribution < -0.4 is 14.8 Å². The molecule has 1 aliphatic heterocycles. The lowest BCUT2D eigenvalue weighted by atomic mass is 10.1. The molecule has 0 radical (unpaired) electrons. The molecule has 1 heterocycles. The molecule has 166 valence electrons. The van der Waals surface area contributed by atoms with Crippen molar-refractivity contribution in [2.24, 2.45) is 0 Å². The molecule has 3 rings (SSSR count). The lowest BCUT2D eigenvalue weighted by Crippen LogP contribution is -2.52. The number of carbonyl (C=O) groups is 3. The quantitative estimate of drug-likeness (QED) is 0.411. The Bertz CT molecular complexity index is 1090. The van der Waals surface area contributed by atoms with Gasteiger partial charge in [0.15, 0.2) is 23.2 Å². The van der Waals surface area contributed by atoms with Gasteiger partial charge in [-0.05, 0) is 55.0 Å². The predicted molar refractivity (Wildman–Crippen MR) is 124 cm³/mol. The Hall–Kier alpha value is -3.72. The Morgan fingerprint density at radius 3 is 2.25 bits per heavy atom. The van der Waals surface area contributed by atoms with Crippen LogP contribution in [0.2, 0.25) is 0 Å². The molecule has 1 N–H and O–H groups in total. The Morgan fingerprint density at radius 1 is 1.03 bits per heavy atom. The third-order valence-corrected chi connectivity index (χ3v) is 5.38. The van der Waals surface area contributed by atoms with E-state index in [1.165, 1.54) is 37.1 Å². The first-order chi connectivity index (χ1) is 15.2. The zero-order chi connectivity index (χ0) is 23.4. The van der Waals surface area contributed by atoms with E-state index in [1.807, 2.05) is 31.2 Å². The van der Waals surface area contributed by atoms with E-state index in [4.69, 9.17) is 21.7 Å². The maximum absolute atomic E-state index is 12.5. The van der Waals surface area contributed by atoms with Crippen molar-refractivity contribution in [3.63, 3.8) is 0 Å². The van der Waals surface area contributed by atoms with Crippen molar-refractivity contribution in [2.75, 3.05) is 33.1 Å². The lowest BCUT2D eigenvalue weighted by molar-refractivity contribution is -0.132. The molecular formula is C23H23N3O5S. The number of aryl methyl sites for hydroxylation is 1. The van der Waals surface area contributed by atoms with Crippen LogP contribution >= 0.6 is 12.2 Å². The molecule has 2 aromatic rings. The van der Waals surface area contributed by atoms with Crippen molar-refractivity contribution in [1.82, 2.24) is 9.80 Å². The fourth-order valence-electron chi connectivity index (χ4n) is 3.01. The zero-order valence-corrected chi connectivity index (χ0v) is 19.0. The molecule has 0 aromatic heterocycles. The number of carbonyl (C=O) groups excluding carboxylic acids is 3. The Labute approximate surface area is 191 Å². The van der Waals surface area contributed by atoms with E-state index in [-0.39, 0.29) is 23.2 Å². The minimum atomic E-state index is -0.481. The van der Waals surface area contributed by atoms with Crippen LogP contribution in [0.1, 0.15) is 11.1 Å². The van der Waals surface area contributed by atoms with Crippen LogP contribution in [0.5, 0.6) is 11.5 Å². The van der Waals surface area contributed by atoms with E-state index >= 15 is 0 Å². The van der Waals surface area contributed by atoms with E-state index in [9.17, 15) is 14.4 Å². The van der Waals surface area contributed by atoms with Crippen LogP contribution in [-0.4, -0.2) is 60.4 Å². The highest BCUT2D eigenvalue weighted by Crippen LogP contribution is 2.29. The predicted octanol–water partition coefficient (Wildman–Crippen LogP) is 2.62. The number of nitrogens with zero attached hydrogens (tertiary/aromatic N) is 2. The molecule has 0 spiro atoms. The van der Waals surface area contributed by atoms with E-state index in [0.29, 0.717) is 22.7 Å². The number of hydrogen-bond acceptors (Lipinski definition) is 6. The molecule has 0 bridgehead atoms. The summed E-state index contributed by atoms with van der Waals surface area (Å²) in [5, 5.41) is 2.90. The van der Waals surface area contributed by atoms with Gasteiger partial charge in [0, 0.05) is 19.8 Å². The number of rotatable bonds is 6. The summed E-state index contributed by atoms with van der Waals surface area (Å²) in [4.78, 5) is 39.6. The molecule has 1 fully saturated rings. The molecule has 8 nitrogen and oxygen atoms in total. The number of benzene rings is 2. The average Bonchev–Trinajstić information content (AvgIpc) is 2.79. The van der Waals surface area contributed by atoms with Gasteiger partial charge >= 0.3 is 0 Å². The first-order valence-electron chi connectivity index (χ1n) is 9.70. The second kappa shape index (κ2) is 9.61. The molecule has 0 aliphatic carbocycles. The van der Waals surface area contributed by atoms with E-state index in [2.05, 4.69) is 5.32 Å². The summed E-state index contributed by atoms with van der Waals surface area (Å²) in [6.07, 6.45) is 1.47. The Balaban J connectivity index is 1.73. The zero-order valence-electron chi connectivity index (χ0n) is 18.2. The monoisotopic (exact) mass is 453 g/mol. The highest BCUT2D eigenvalue weighted by Gasteiger charge is 2.35. The topological polar surface area (TPSA) is 88.2 Å². The fraction of sp³-hybridized carbons (Fsp3) is 0.217. The van der Waals surface area contributed by atoms with Gasteiger partial charge in [-0.25, -0.2) is 0 Å². The van der Waals surface area contributed by atoms with E-state index in [1.54, 1.807) is 18.2 Å². The first-order valence-corrected chi connectivity index (χ1v) is 10.1. The van der Waals surface area contributed by atoms with Gasteiger partial charge in [-0.15, -0.1) is 0 Å². The summed E-state index contributed by atoms with van der Waals surface area (Å²) in [5.41, 5.74) is 2.31. The molecule has 0 saturated carbocycles. The summed E-state index contributed by atoms with van der Waals surface area (Å²) in [7, 11) is 4.49. The summed E-state index contributed by atoms with van der Waals surface area (Å²) in [6, 6.07) is 12.3. The number of amides is 3. The van der Waals surface area contributed by atoms with Crippen molar-refractivity contribution in [3.8, 4) is 11.5 Å². The summed E-state index contributed by atoms with van der Waals surface area (Å²) >= 11 is 5.09. The van der Waals surface area contributed by atoms with Gasteiger partial charge in [0.2, 0.25) is 0 Å². The maximum Gasteiger partial charge on any atom is 0.265 e. The highest BCUT2D eigenvalue weighted by atomic mass is 32.1. The van der Waals surface area contributed by atoms with Crippen LogP contribution in [-0.2, 0) is 14.4 Å². The number of nitrogens with one attached hydrogen (secondary N) is 1. The molecule has 3 amide bonds. The van der Waals surface area contributed by atoms with Crippen LogP contribution in [0.15, 0.2) is 48.0 Å². The number of thiocarbonyl (C=S) groups is 1. The summed E-state index contributed by atoms with van der Waals surface area (Å²) < 4.78 is 11.0. The average molecular weight is 454 g/mol. The van der Waals surface area contributed by atoms with Gasteiger partial charge in [0.1, 0.15) is 5.57 Å². The van der Waals surface area contributed by atoms with Crippen molar-refractivity contribution >= 4 is 46.8 Å². The number of ether oxygens (including phenoxy) is 2. The molecule has 0 atom stereocenters. The second-order valence-electron chi connectivity index (χ2n) is 7.18. The fourth-order valence-corrected chi connectivity index (χ4v) is 3.18. The largest absolute Gasteiger partial charge is 0.493 e. The van der Waals surface area contributed by atoms with Crippen LogP contribution in [0.4, 0.5) is 5.69 Å². The molecular weight excluding hydrogens is 430 g/mol. The Morgan fingerprint density at radius 2 is 1.66 bits per heavy atom. The van der Waals surface area contributed by atoms with Crippen molar-refractivity contribution in [2.45, 2.75) is 6.92 Å². The normalized spacial score (nSPS) is 13.9. The molecule has 2 aromatic carbocycles.